The normalized spacial score (nSPS) is 11.4. The maximum Gasteiger partial charge on any atom is 0.330 e. The number of hydrogen-bond acceptors (Lipinski definition) is 2. The quantitative estimate of drug-likeness (QED) is 0.244. The summed E-state index contributed by atoms with van der Waals surface area (Å²) in [5, 5.41) is 0. The zero-order valence-electron chi connectivity index (χ0n) is 11.3. The molecule has 0 aliphatic rings. The van der Waals surface area contributed by atoms with Crippen LogP contribution in [0.5, 0.6) is 0 Å². The number of ether oxygens (including phenoxy) is 1. The van der Waals surface area contributed by atoms with Crippen molar-refractivity contribution in [1.29, 1.82) is 0 Å². The first kappa shape index (κ1) is 16.0. The number of hydrogen-bond donors (Lipinski definition) is 0. The average Bonchev–Trinajstić information content (AvgIpc) is 2.34. The van der Waals surface area contributed by atoms with Gasteiger partial charge in [0, 0.05) is 6.08 Å². The molecule has 98 valence electrons. The molecule has 0 aliphatic heterocycles. The Morgan fingerprint density at radius 2 is 1.76 bits per heavy atom. The fraction of sp³-hybridized carbons (Fsp3) is 0.667. The molecule has 0 N–H and O–H groups in total. The number of carbonyl (C=O) groups excluding carboxylic acids is 1. The third kappa shape index (κ3) is 12.9. The van der Waals surface area contributed by atoms with Crippen molar-refractivity contribution >= 4 is 5.97 Å². The lowest BCUT2D eigenvalue weighted by molar-refractivity contribution is -0.137. The third-order valence-corrected chi connectivity index (χ3v) is 2.40. The van der Waals surface area contributed by atoms with Gasteiger partial charge in [-0.2, -0.15) is 0 Å². The lowest BCUT2D eigenvalue weighted by Gasteiger charge is -1.96. The van der Waals surface area contributed by atoms with Gasteiger partial charge in [0.2, 0.25) is 0 Å². The molecule has 2 heteroatoms. The number of allylic oxidation sites excluding steroid dienone is 3. The van der Waals surface area contributed by atoms with Gasteiger partial charge in [-0.05, 0) is 19.3 Å². The van der Waals surface area contributed by atoms with Crippen LogP contribution in [-0.4, -0.2) is 12.6 Å². The minimum Gasteiger partial charge on any atom is -0.463 e. The molecule has 0 aromatic heterocycles. The van der Waals surface area contributed by atoms with Gasteiger partial charge in [0.25, 0.3) is 0 Å². The molecule has 0 heterocycles. The minimum absolute atomic E-state index is 0.251. The summed E-state index contributed by atoms with van der Waals surface area (Å²) >= 11 is 0. The van der Waals surface area contributed by atoms with Crippen LogP contribution in [-0.2, 0) is 9.53 Å². The van der Waals surface area contributed by atoms with E-state index in [0.717, 1.165) is 12.8 Å². The van der Waals surface area contributed by atoms with Gasteiger partial charge in [0.05, 0.1) is 6.61 Å². The van der Waals surface area contributed by atoms with Crippen molar-refractivity contribution < 1.29 is 9.53 Å². The van der Waals surface area contributed by atoms with Crippen LogP contribution < -0.4 is 0 Å². The smallest absolute Gasteiger partial charge is 0.330 e. The Balaban J connectivity index is 3.39. The molecule has 17 heavy (non-hydrogen) atoms. The van der Waals surface area contributed by atoms with Crippen molar-refractivity contribution in [2.75, 3.05) is 6.61 Å². The molecule has 0 saturated heterocycles. The molecule has 0 amide bonds. The largest absolute Gasteiger partial charge is 0.463 e. The van der Waals surface area contributed by atoms with Crippen LogP contribution in [0.3, 0.4) is 0 Å². The van der Waals surface area contributed by atoms with E-state index in [1.54, 1.807) is 6.08 Å². The summed E-state index contributed by atoms with van der Waals surface area (Å²) in [5.41, 5.74) is 0. The topological polar surface area (TPSA) is 26.3 Å². The number of esters is 1. The summed E-state index contributed by atoms with van der Waals surface area (Å²) in [6.45, 7) is 4.71. The average molecular weight is 238 g/mol. The van der Waals surface area contributed by atoms with Crippen molar-refractivity contribution in [2.45, 2.75) is 58.8 Å². The van der Waals surface area contributed by atoms with E-state index < -0.39 is 0 Å². The van der Waals surface area contributed by atoms with Crippen LogP contribution in [0.1, 0.15) is 58.8 Å². The van der Waals surface area contributed by atoms with E-state index >= 15 is 0 Å². The molecule has 0 unspecified atom stereocenters. The maximum atomic E-state index is 11.1. The standard InChI is InChI=1S/C15H26O2/c1-3-5-6-7-8-9-10-11-12-13-15(16)17-14-4-2/h10-13H,3-9,14H2,1-2H3/b11-10+,13-12-. The van der Waals surface area contributed by atoms with Gasteiger partial charge in [0.15, 0.2) is 0 Å². The van der Waals surface area contributed by atoms with Crippen LogP contribution >= 0.6 is 0 Å². The zero-order valence-corrected chi connectivity index (χ0v) is 11.3. The molecule has 0 aliphatic carbocycles. The first-order valence-electron chi connectivity index (χ1n) is 6.81. The molecule has 0 bridgehead atoms. The fourth-order valence-corrected chi connectivity index (χ4v) is 1.43. The van der Waals surface area contributed by atoms with E-state index in [-0.39, 0.29) is 5.97 Å². The molecule has 0 rings (SSSR count). The summed E-state index contributed by atoms with van der Waals surface area (Å²) in [6, 6.07) is 0. The van der Waals surface area contributed by atoms with Crippen LogP contribution in [0.15, 0.2) is 24.3 Å². The Bertz CT molecular complexity index is 229. The summed E-state index contributed by atoms with van der Waals surface area (Å²) in [4.78, 5) is 11.1. The predicted octanol–water partition coefficient (Wildman–Crippen LogP) is 4.41. The van der Waals surface area contributed by atoms with Crippen molar-refractivity contribution in [1.82, 2.24) is 0 Å². The highest BCUT2D eigenvalue weighted by atomic mass is 16.5. The molecular weight excluding hydrogens is 212 g/mol. The summed E-state index contributed by atoms with van der Waals surface area (Å²) < 4.78 is 4.90. The van der Waals surface area contributed by atoms with E-state index in [1.807, 2.05) is 13.0 Å². The van der Waals surface area contributed by atoms with E-state index in [2.05, 4.69) is 13.0 Å². The van der Waals surface area contributed by atoms with Gasteiger partial charge in [-0.1, -0.05) is 57.8 Å². The second kappa shape index (κ2) is 13.0. The molecule has 0 aromatic rings. The van der Waals surface area contributed by atoms with Crippen molar-refractivity contribution in [2.24, 2.45) is 0 Å². The van der Waals surface area contributed by atoms with Gasteiger partial charge < -0.3 is 4.74 Å². The van der Waals surface area contributed by atoms with E-state index in [0.29, 0.717) is 6.61 Å². The number of rotatable bonds is 10. The summed E-state index contributed by atoms with van der Waals surface area (Å²) in [7, 11) is 0. The highest BCUT2D eigenvalue weighted by Crippen LogP contribution is 2.05. The van der Waals surface area contributed by atoms with E-state index in [1.165, 1.54) is 38.2 Å². The Morgan fingerprint density at radius 3 is 2.47 bits per heavy atom. The van der Waals surface area contributed by atoms with E-state index in [4.69, 9.17) is 4.74 Å². The Labute approximate surface area is 106 Å². The fourth-order valence-electron chi connectivity index (χ4n) is 1.43. The number of unbranched alkanes of at least 4 members (excludes halogenated alkanes) is 5. The molecule has 0 radical (unpaired) electrons. The highest BCUT2D eigenvalue weighted by Gasteiger charge is 1.92. The van der Waals surface area contributed by atoms with Gasteiger partial charge in [-0.25, -0.2) is 4.79 Å². The molecule has 0 saturated carbocycles. The number of carbonyl (C=O) groups is 1. The maximum absolute atomic E-state index is 11.1. The van der Waals surface area contributed by atoms with Gasteiger partial charge >= 0.3 is 5.97 Å². The van der Waals surface area contributed by atoms with Crippen molar-refractivity contribution in [3.8, 4) is 0 Å². The van der Waals surface area contributed by atoms with E-state index in [9.17, 15) is 4.79 Å². The second-order valence-electron chi connectivity index (χ2n) is 4.16. The zero-order chi connectivity index (χ0) is 12.8. The Kier molecular flexibility index (Phi) is 12.2. The molecule has 2 nitrogen and oxygen atoms in total. The first-order chi connectivity index (χ1) is 8.31. The first-order valence-corrected chi connectivity index (χ1v) is 6.81. The molecule has 0 aromatic carbocycles. The van der Waals surface area contributed by atoms with Gasteiger partial charge in [0.1, 0.15) is 0 Å². The molecule has 0 fully saturated rings. The van der Waals surface area contributed by atoms with Gasteiger partial charge in [-0.3, -0.25) is 0 Å². The Hall–Kier alpha value is -1.05. The summed E-state index contributed by atoms with van der Waals surface area (Å²) in [6.07, 6.45) is 15.7. The predicted molar refractivity (Wildman–Crippen MR) is 72.9 cm³/mol. The third-order valence-electron chi connectivity index (χ3n) is 2.40. The van der Waals surface area contributed by atoms with Crippen molar-refractivity contribution in [3.63, 3.8) is 0 Å². The minimum atomic E-state index is -0.251. The van der Waals surface area contributed by atoms with Crippen LogP contribution in [0.25, 0.3) is 0 Å². The monoisotopic (exact) mass is 238 g/mol. The van der Waals surface area contributed by atoms with Gasteiger partial charge in [-0.15, -0.1) is 0 Å². The van der Waals surface area contributed by atoms with Crippen LogP contribution in [0, 0.1) is 0 Å². The lowest BCUT2D eigenvalue weighted by atomic mass is 10.1. The van der Waals surface area contributed by atoms with Crippen LogP contribution in [0.2, 0.25) is 0 Å². The second-order valence-corrected chi connectivity index (χ2v) is 4.16. The highest BCUT2D eigenvalue weighted by molar-refractivity contribution is 5.82. The van der Waals surface area contributed by atoms with Crippen LogP contribution in [0.4, 0.5) is 0 Å². The molecule has 0 atom stereocenters. The summed E-state index contributed by atoms with van der Waals surface area (Å²) in [5.74, 6) is -0.251. The molecular formula is C15H26O2. The van der Waals surface area contributed by atoms with Crippen molar-refractivity contribution in [3.05, 3.63) is 24.3 Å². The SMILES string of the molecule is CCCCCCC/C=C/C=C\C(=O)OCCC. The molecule has 0 spiro atoms. The lowest BCUT2D eigenvalue weighted by Crippen LogP contribution is -2.00. The Morgan fingerprint density at radius 1 is 1.00 bits per heavy atom.